The molecule has 2 heterocycles. The molecule has 198 valence electrons. The van der Waals surface area contributed by atoms with Gasteiger partial charge >= 0.3 is 5.97 Å². The number of aromatic nitrogens is 1. The van der Waals surface area contributed by atoms with Gasteiger partial charge in [-0.25, -0.2) is 4.79 Å². The van der Waals surface area contributed by atoms with E-state index in [0.717, 1.165) is 37.6 Å². The number of hydrogen-bond donors (Lipinski definition) is 2. The van der Waals surface area contributed by atoms with E-state index in [-0.39, 0.29) is 24.6 Å². The number of hydrogen-bond acceptors (Lipinski definition) is 8. The molecule has 10 nitrogen and oxygen atoms in total. The van der Waals surface area contributed by atoms with Crippen molar-refractivity contribution >= 4 is 34.2 Å². The van der Waals surface area contributed by atoms with Crippen LogP contribution in [0.15, 0.2) is 36.4 Å². The fourth-order valence-electron chi connectivity index (χ4n) is 4.57. The van der Waals surface area contributed by atoms with Crippen LogP contribution < -0.4 is 24.4 Å². The molecule has 4 rings (SSSR count). The van der Waals surface area contributed by atoms with E-state index in [4.69, 9.17) is 18.9 Å². The summed E-state index contributed by atoms with van der Waals surface area (Å²) in [7, 11) is 4.76. The number of nitrogens with zero attached hydrogens (tertiary/aromatic N) is 2. The SMILES string of the molecule is CCOC(=O)c1[nH]c2cc(OC)c(OC)cc2c1NC(=O)CCN1CCN(c2ccccc2OC)CC1. The number of methoxy groups -OCH3 is 3. The molecule has 0 radical (unpaired) electrons. The molecule has 2 aromatic carbocycles. The minimum absolute atomic E-state index is 0.186. The molecular formula is C27H34N4O6. The van der Waals surface area contributed by atoms with Gasteiger partial charge in [0.1, 0.15) is 11.4 Å². The largest absolute Gasteiger partial charge is 0.495 e. The first kappa shape index (κ1) is 26.2. The first-order valence-electron chi connectivity index (χ1n) is 12.3. The molecule has 0 atom stereocenters. The van der Waals surface area contributed by atoms with Crippen LogP contribution in [0.4, 0.5) is 11.4 Å². The minimum Gasteiger partial charge on any atom is -0.495 e. The Morgan fingerprint density at radius 3 is 2.30 bits per heavy atom. The van der Waals surface area contributed by atoms with Gasteiger partial charge < -0.3 is 34.1 Å². The fourth-order valence-corrected chi connectivity index (χ4v) is 4.57. The Kier molecular flexibility index (Phi) is 8.39. The average Bonchev–Trinajstić information content (AvgIpc) is 3.28. The quantitative estimate of drug-likeness (QED) is 0.399. The highest BCUT2D eigenvalue weighted by atomic mass is 16.5. The standard InChI is InChI=1S/C27H34N4O6/c1-5-37-27(33)26-25(18-16-22(35-3)23(36-4)17-19(18)28-26)29-24(32)10-11-30-12-14-31(15-13-30)20-8-6-7-9-21(20)34-2/h6-9,16-17,28H,5,10-15H2,1-4H3,(H,29,32). The monoisotopic (exact) mass is 510 g/mol. The van der Waals surface area contributed by atoms with Crippen molar-refractivity contribution in [2.45, 2.75) is 13.3 Å². The predicted molar refractivity (Wildman–Crippen MR) is 142 cm³/mol. The van der Waals surface area contributed by atoms with Gasteiger partial charge in [-0.1, -0.05) is 12.1 Å². The molecule has 3 aromatic rings. The van der Waals surface area contributed by atoms with Crippen LogP contribution in [0.25, 0.3) is 10.9 Å². The topological polar surface area (TPSA) is 105 Å². The van der Waals surface area contributed by atoms with Crippen molar-refractivity contribution in [2.24, 2.45) is 0 Å². The predicted octanol–water partition coefficient (Wildman–Crippen LogP) is 3.52. The lowest BCUT2D eigenvalue weighted by Crippen LogP contribution is -2.47. The van der Waals surface area contributed by atoms with Crippen molar-refractivity contribution in [3.05, 3.63) is 42.1 Å². The second-order valence-corrected chi connectivity index (χ2v) is 8.65. The summed E-state index contributed by atoms with van der Waals surface area (Å²) in [5.41, 5.74) is 2.27. The van der Waals surface area contributed by atoms with Crippen LogP contribution in [-0.2, 0) is 9.53 Å². The highest BCUT2D eigenvalue weighted by molar-refractivity contribution is 6.11. The lowest BCUT2D eigenvalue weighted by Gasteiger charge is -2.36. The fraction of sp³-hybridized carbons (Fsp3) is 0.407. The molecule has 1 fully saturated rings. The number of nitrogens with one attached hydrogen (secondary N) is 2. The second-order valence-electron chi connectivity index (χ2n) is 8.65. The summed E-state index contributed by atoms with van der Waals surface area (Å²) in [5.74, 6) is 1.14. The molecule has 0 saturated carbocycles. The third-order valence-electron chi connectivity index (χ3n) is 6.50. The van der Waals surface area contributed by atoms with Crippen LogP contribution in [0.1, 0.15) is 23.8 Å². The molecule has 1 amide bonds. The first-order valence-corrected chi connectivity index (χ1v) is 12.3. The Hall–Kier alpha value is -3.92. The summed E-state index contributed by atoms with van der Waals surface area (Å²) < 4.78 is 21.5. The van der Waals surface area contributed by atoms with E-state index in [1.54, 1.807) is 26.2 Å². The Bertz CT molecular complexity index is 1250. The van der Waals surface area contributed by atoms with Gasteiger partial charge in [-0.05, 0) is 25.1 Å². The summed E-state index contributed by atoms with van der Waals surface area (Å²) >= 11 is 0. The molecule has 0 bridgehead atoms. The van der Waals surface area contributed by atoms with Crippen molar-refractivity contribution in [1.29, 1.82) is 0 Å². The molecular weight excluding hydrogens is 476 g/mol. The van der Waals surface area contributed by atoms with Crippen LogP contribution in [-0.4, -0.2) is 82.4 Å². The van der Waals surface area contributed by atoms with E-state index in [9.17, 15) is 9.59 Å². The van der Waals surface area contributed by atoms with Crippen LogP contribution >= 0.6 is 0 Å². The third-order valence-corrected chi connectivity index (χ3v) is 6.50. The normalized spacial score (nSPS) is 13.9. The lowest BCUT2D eigenvalue weighted by molar-refractivity contribution is -0.116. The van der Waals surface area contributed by atoms with E-state index in [1.807, 2.05) is 18.2 Å². The Balaban J connectivity index is 1.42. The number of para-hydroxylation sites is 2. The minimum atomic E-state index is -0.542. The van der Waals surface area contributed by atoms with Crippen LogP contribution in [0.2, 0.25) is 0 Å². The number of H-pyrrole nitrogens is 1. The number of carbonyl (C=O) groups excluding carboxylic acids is 2. The van der Waals surface area contributed by atoms with Gasteiger partial charge in [0.15, 0.2) is 11.5 Å². The number of carbonyl (C=O) groups is 2. The summed E-state index contributed by atoms with van der Waals surface area (Å²) in [4.78, 5) is 33.3. The highest BCUT2D eigenvalue weighted by Gasteiger charge is 2.24. The number of fused-ring (bicyclic) bond motifs is 1. The summed E-state index contributed by atoms with van der Waals surface area (Å²) in [6.45, 7) is 5.93. The van der Waals surface area contributed by atoms with Crippen molar-refractivity contribution in [2.75, 3.05) is 70.9 Å². The van der Waals surface area contributed by atoms with Gasteiger partial charge in [0.05, 0.1) is 44.8 Å². The van der Waals surface area contributed by atoms with Crippen molar-refractivity contribution in [3.8, 4) is 17.2 Å². The van der Waals surface area contributed by atoms with Crippen molar-refractivity contribution in [1.82, 2.24) is 9.88 Å². The van der Waals surface area contributed by atoms with Gasteiger partial charge in [0.25, 0.3) is 0 Å². The molecule has 1 saturated heterocycles. The van der Waals surface area contributed by atoms with E-state index in [0.29, 0.717) is 34.6 Å². The number of rotatable bonds is 10. The average molecular weight is 511 g/mol. The highest BCUT2D eigenvalue weighted by Crippen LogP contribution is 2.37. The van der Waals surface area contributed by atoms with E-state index >= 15 is 0 Å². The molecule has 2 N–H and O–H groups in total. The van der Waals surface area contributed by atoms with Gasteiger partial charge in [0, 0.05) is 50.6 Å². The maximum Gasteiger partial charge on any atom is 0.356 e. The molecule has 0 unspecified atom stereocenters. The number of anilines is 2. The van der Waals surface area contributed by atoms with E-state index in [2.05, 4.69) is 26.2 Å². The first-order chi connectivity index (χ1) is 18.0. The summed E-state index contributed by atoms with van der Waals surface area (Å²) in [6, 6.07) is 11.5. The third kappa shape index (κ3) is 5.75. The zero-order valence-electron chi connectivity index (χ0n) is 21.8. The zero-order valence-corrected chi connectivity index (χ0v) is 21.8. The number of esters is 1. The maximum absolute atomic E-state index is 13.0. The number of amides is 1. The Morgan fingerprint density at radius 2 is 1.62 bits per heavy atom. The smallest absolute Gasteiger partial charge is 0.356 e. The molecule has 1 aliphatic rings. The summed E-state index contributed by atoms with van der Waals surface area (Å²) in [5, 5.41) is 3.57. The van der Waals surface area contributed by atoms with E-state index < -0.39 is 5.97 Å². The van der Waals surface area contributed by atoms with Crippen LogP contribution in [0, 0.1) is 0 Å². The molecule has 0 spiro atoms. The summed E-state index contributed by atoms with van der Waals surface area (Å²) in [6.07, 6.45) is 0.289. The van der Waals surface area contributed by atoms with Crippen LogP contribution in [0.5, 0.6) is 17.2 Å². The molecule has 1 aromatic heterocycles. The molecule has 10 heteroatoms. The maximum atomic E-state index is 13.0. The van der Waals surface area contributed by atoms with Crippen molar-refractivity contribution in [3.63, 3.8) is 0 Å². The van der Waals surface area contributed by atoms with E-state index in [1.165, 1.54) is 14.2 Å². The molecule has 37 heavy (non-hydrogen) atoms. The lowest BCUT2D eigenvalue weighted by atomic mass is 10.2. The molecule has 1 aliphatic heterocycles. The van der Waals surface area contributed by atoms with Gasteiger partial charge in [0.2, 0.25) is 5.91 Å². The van der Waals surface area contributed by atoms with Gasteiger partial charge in [-0.2, -0.15) is 0 Å². The zero-order chi connectivity index (χ0) is 26.4. The van der Waals surface area contributed by atoms with Crippen LogP contribution in [0.3, 0.4) is 0 Å². The molecule has 0 aliphatic carbocycles. The van der Waals surface area contributed by atoms with Gasteiger partial charge in [-0.15, -0.1) is 0 Å². The second kappa shape index (κ2) is 11.9. The van der Waals surface area contributed by atoms with Crippen molar-refractivity contribution < 1.29 is 28.5 Å². The number of aromatic amines is 1. The van der Waals surface area contributed by atoms with Gasteiger partial charge in [-0.3, -0.25) is 9.69 Å². The number of piperazine rings is 1. The Labute approximate surface area is 216 Å². The number of benzene rings is 2. The number of ether oxygens (including phenoxy) is 4. The Morgan fingerprint density at radius 1 is 0.946 bits per heavy atom.